The van der Waals surface area contributed by atoms with Gasteiger partial charge in [0.15, 0.2) is 0 Å². The maximum absolute atomic E-state index is 15.1. The Bertz CT molecular complexity index is 1580. The van der Waals surface area contributed by atoms with Crippen LogP contribution in [0.2, 0.25) is 5.02 Å². The largest absolute Gasteiger partial charge is 0.495 e. The molecule has 1 heterocycles. The summed E-state index contributed by atoms with van der Waals surface area (Å²) in [6.07, 6.45) is 0. The molecule has 204 valence electrons. The Kier molecular flexibility index (Phi) is 9.15. The zero-order chi connectivity index (χ0) is 28.8. The molecule has 0 spiro atoms. The highest BCUT2D eigenvalue weighted by Gasteiger charge is 2.36. The number of carbonyl (C=O) groups is 2. The summed E-state index contributed by atoms with van der Waals surface area (Å²) in [5, 5.41) is 19.9. The molecule has 1 aliphatic rings. The van der Waals surface area contributed by atoms with E-state index in [-0.39, 0.29) is 28.4 Å². The van der Waals surface area contributed by atoms with E-state index in [9.17, 15) is 14.9 Å². The van der Waals surface area contributed by atoms with Gasteiger partial charge in [-0.25, -0.2) is 4.39 Å². The summed E-state index contributed by atoms with van der Waals surface area (Å²) in [4.78, 5) is 26.4. The summed E-state index contributed by atoms with van der Waals surface area (Å²) < 4.78 is 20.5. The first-order chi connectivity index (χ1) is 19.2. The third kappa shape index (κ3) is 6.14. The highest BCUT2D eigenvalue weighted by molar-refractivity contribution is 8.03. The minimum absolute atomic E-state index is 0.0422. The number of anilines is 2. The monoisotopic (exact) mass is 576 g/mol. The van der Waals surface area contributed by atoms with Gasteiger partial charge in [0.05, 0.1) is 41.1 Å². The number of ether oxygens (including phenoxy) is 1. The molecule has 4 rings (SSSR count). The number of nitrogens with one attached hydrogen (secondary N) is 3. The van der Waals surface area contributed by atoms with E-state index in [1.165, 1.54) is 13.2 Å². The summed E-state index contributed by atoms with van der Waals surface area (Å²) in [5.41, 5.74) is 2.64. The van der Waals surface area contributed by atoms with E-state index in [0.29, 0.717) is 32.9 Å². The van der Waals surface area contributed by atoms with Gasteiger partial charge in [0, 0.05) is 27.5 Å². The van der Waals surface area contributed by atoms with Crippen molar-refractivity contribution in [2.45, 2.75) is 19.8 Å². The Morgan fingerprint density at radius 1 is 1.05 bits per heavy atom. The molecule has 7 nitrogen and oxygen atoms in total. The number of para-hydroxylation sites is 2. The summed E-state index contributed by atoms with van der Waals surface area (Å²) in [5.74, 6) is -1.99. The number of thioether (sulfide) groups is 1. The highest BCUT2D eigenvalue weighted by atomic mass is 35.5. The van der Waals surface area contributed by atoms with E-state index < -0.39 is 17.6 Å². The van der Waals surface area contributed by atoms with Gasteiger partial charge in [-0.2, -0.15) is 5.26 Å². The van der Waals surface area contributed by atoms with Crippen LogP contribution in [0, 0.1) is 24.1 Å². The summed E-state index contributed by atoms with van der Waals surface area (Å²) in [6.45, 7) is 3.48. The second kappa shape index (κ2) is 12.7. The summed E-state index contributed by atoms with van der Waals surface area (Å²) in [6, 6.07) is 20.3. The van der Waals surface area contributed by atoms with Gasteiger partial charge in [0.1, 0.15) is 11.6 Å². The lowest BCUT2D eigenvalue weighted by atomic mass is 9.82. The molecule has 0 saturated heterocycles. The molecule has 0 saturated carbocycles. The molecule has 1 atom stereocenters. The molecule has 10 heteroatoms. The summed E-state index contributed by atoms with van der Waals surface area (Å²) in [7, 11) is 1.49. The number of methoxy groups -OCH3 is 1. The lowest BCUT2D eigenvalue weighted by Crippen LogP contribution is -2.31. The van der Waals surface area contributed by atoms with Crippen molar-refractivity contribution in [3.05, 3.63) is 111 Å². The van der Waals surface area contributed by atoms with Crippen molar-refractivity contribution in [1.82, 2.24) is 5.32 Å². The maximum Gasteiger partial charge on any atom is 0.254 e. The normalized spacial score (nSPS) is 14.8. The lowest BCUT2D eigenvalue weighted by molar-refractivity contribution is -0.114. The third-order valence-electron chi connectivity index (χ3n) is 6.35. The molecule has 0 unspecified atom stereocenters. The van der Waals surface area contributed by atoms with Crippen LogP contribution >= 0.6 is 23.4 Å². The summed E-state index contributed by atoms with van der Waals surface area (Å²) >= 11 is 7.25. The van der Waals surface area contributed by atoms with Gasteiger partial charge in [-0.1, -0.05) is 59.8 Å². The quantitative estimate of drug-likeness (QED) is 0.283. The van der Waals surface area contributed by atoms with Crippen molar-refractivity contribution in [2.24, 2.45) is 0 Å². The predicted molar refractivity (Wildman–Crippen MR) is 157 cm³/mol. The van der Waals surface area contributed by atoms with Crippen LogP contribution in [0.1, 0.15) is 24.0 Å². The van der Waals surface area contributed by atoms with Gasteiger partial charge in [0.2, 0.25) is 5.91 Å². The number of hydrogen-bond acceptors (Lipinski definition) is 6. The smallest absolute Gasteiger partial charge is 0.254 e. The Labute approximate surface area is 241 Å². The molecule has 3 N–H and O–H groups in total. The van der Waals surface area contributed by atoms with E-state index in [1.54, 1.807) is 74.5 Å². The standard InChI is InChI=1S/C30H26ClFN4O3S/c1-17-21(31)10-8-13-23(17)35-26(37)16-40-30-20(15-33)28(19-9-4-5-11-22(19)32)27(18(2)34-30)29(38)36-24-12-6-7-14-25(24)39-3/h4-14,28,34H,16H2,1-3H3,(H,35,37)(H,36,38)/t28-/m1/s1. The van der Waals surface area contributed by atoms with Crippen molar-refractivity contribution in [3.8, 4) is 11.8 Å². The number of carbonyl (C=O) groups excluding carboxylic acids is 2. The topological polar surface area (TPSA) is 103 Å². The van der Waals surface area contributed by atoms with Crippen molar-refractivity contribution in [2.75, 3.05) is 23.5 Å². The first kappa shape index (κ1) is 28.7. The van der Waals surface area contributed by atoms with E-state index in [0.717, 1.165) is 17.3 Å². The molecule has 0 fully saturated rings. The van der Waals surface area contributed by atoms with Crippen molar-refractivity contribution < 1.29 is 18.7 Å². The second-order valence-electron chi connectivity index (χ2n) is 8.88. The first-order valence-electron chi connectivity index (χ1n) is 12.2. The number of nitriles is 1. The van der Waals surface area contributed by atoms with Crippen LogP contribution in [0.25, 0.3) is 0 Å². The zero-order valence-electron chi connectivity index (χ0n) is 22.0. The molecule has 40 heavy (non-hydrogen) atoms. The Morgan fingerprint density at radius 3 is 2.48 bits per heavy atom. The van der Waals surface area contributed by atoms with Crippen LogP contribution < -0.4 is 20.7 Å². The Hall–Kier alpha value is -4.26. The zero-order valence-corrected chi connectivity index (χ0v) is 23.5. The number of amides is 2. The van der Waals surface area contributed by atoms with Crippen molar-refractivity contribution in [3.63, 3.8) is 0 Å². The number of halogens is 2. The van der Waals surface area contributed by atoms with Gasteiger partial charge in [-0.3, -0.25) is 9.59 Å². The van der Waals surface area contributed by atoms with Crippen LogP contribution in [0.15, 0.2) is 88.6 Å². The third-order valence-corrected chi connectivity index (χ3v) is 7.78. The fourth-order valence-corrected chi connectivity index (χ4v) is 5.42. The van der Waals surface area contributed by atoms with Gasteiger partial charge in [-0.15, -0.1) is 0 Å². The molecule has 0 radical (unpaired) electrons. The fraction of sp³-hybridized carbons (Fsp3) is 0.167. The van der Waals surface area contributed by atoms with Crippen LogP contribution in [0.4, 0.5) is 15.8 Å². The Morgan fingerprint density at radius 2 is 1.75 bits per heavy atom. The highest BCUT2D eigenvalue weighted by Crippen LogP contribution is 2.42. The molecule has 0 aliphatic carbocycles. The van der Waals surface area contributed by atoms with E-state index in [4.69, 9.17) is 16.3 Å². The number of nitrogens with zero attached hydrogens (tertiary/aromatic N) is 1. The number of benzene rings is 3. The molecule has 0 aromatic heterocycles. The fourth-order valence-electron chi connectivity index (χ4n) is 4.35. The van der Waals surface area contributed by atoms with Gasteiger partial charge in [0.25, 0.3) is 5.91 Å². The molecule has 3 aromatic rings. The molecule has 3 aromatic carbocycles. The van der Waals surface area contributed by atoms with Gasteiger partial charge >= 0.3 is 0 Å². The van der Waals surface area contributed by atoms with Crippen LogP contribution in [0.5, 0.6) is 5.75 Å². The first-order valence-corrected chi connectivity index (χ1v) is 13.6. The average molecular weight is 577 g/mol. The van der Waals surface area contributed by atoms with Gasteiger partial charge < -0.3 is 20.7 Å². The molecular weight excluding hydrogens is 551 g/mol. The molecule has 0 bridgehead atoms. The van der Waals surface area contributed by atoms with E-state index in [2.05, 4.69) is 22.0 Å². The van der Waals surface area contributed by atoms with Crippen LogP contribution in [-0.4, -0.2) is 24.7 Å². The van der Waals surface area contributed by atoms with Crippen LogP contribution in [-0.2, 0) is 9.59 Å². The Balaban J connectivity index is 1.66. The SMILES string of the molecule is COc1ccccc1NC(=O)C1=C(C)NC(SCC(=O)Nc2cccc(Cl)c2C)=C(C#N)[C@H]1c1ccccc1F. The number of hydrogen-bond donors (Lipinski definition) is 3. The van der Waals surface area contributed by atoms with Gasteiger partial charge in [-0.05, 0) is 49.7 Å². The molecule has 1 aliphatic heterocycles. The average Bonchev–Trinajstić information content (AvgIpc) is 2.94. The number of allylic oxidation sites excluding steroid dienone is 2. The molecular formula is C30H26ClFN4O3S. The minimum Gasteiger partial charge on any atom is -0.495 e. The second-order valence-corrected chi connectivity index (χ2v) is 10.3. The predicted octanol–water partition coefficient (Wildman–Crippen LogP) is 6.50. The molecule has 2 amide bonds. The van der Waals surface area contributed by atoms with E-state index >= 15 is 4.39 Å². The van der Waals surface area contributed by atoms with E-state index in [1.807, 2.05) is 0 Å². The van der Waals surface area contributed by atoms with Crippen LogP contribution in [0.3, 0.4) is 0 Å². The number of dihydropyridines is 1. The van der Waals surface area contributed by atoms with Crippen molar-refractivity contribution >= 4 is 46.6 Å². The lowest BCUT2D eigenvalue weighted by Gasteiger charge is -2.30. The van der Waals surface area contributed by atoms with Crippen molar-refractivity contribution in [1.29, 1.82) is 5.26 Å². The number of rotatable bonds is 8. The maximum atomic E-state index is 15.1. The minimum atomic E-state index is -1.01.